The third-order valence-corrected chi connectivity index (χ3v) is 3.41. The van der Waals surface area contributed by atoms with Crippen LogP contribution in [0.15, 0.2) is 36.4 Å². The maximum Gasteiger partial charge on any atom is 0.307 e. The summed E-state index contributed by atoms with van der Waals surface area (Å²) in [5.41, 5.74) is 10.3. The van der Waals surface area contributed by atoms with Gasteiger partial charge in [0.2, 0.25) is 0 Å². The SMILES string of the molecule is Cc1cc(C)c(OCc2ccccc2CC(=O)O)cc1N. The molecule has 0 heterocycles. The second-order valence-corrected chi connectivity index (χ2v) is 5.10. The summed E-state index contributed by atoms with van der Waals surface area (Å²) in [5, 5.41) is 8.93. The molecule has 0 aliphatic carbocycles. The molecule has 0 amide bonds. The summed E-state index contributed by atoms with van der Waals surface area (Å²) in [4.78, 5) is 10.9. The summed E-state index contributed by atoms with van der Waals surface area (Å²) in [5.74, 6) is -0.124. The van der Waals surface area contributed by atoms with Crippen molar-refractivity contribution < 1.29 is 14.6 Å². The van der Waals surface area contributed by atoms with Crippen LogP contribution in [-0.4, -0.2) is 11.1 Å². The summed E-state index contributed by atoms with van der Waals surface area (Å²) in [6, 6.07) is 11.2. The summed E-state index contributed by atoms with van der Waals surface area (Å²) in [6.45, 7) is 4.24. The zero-order valence-corrected chi connectivity index (χ0v) is 12.2. The van der Waals surface area contributed by atoms with E-state index in [1.165, 1.54) is 0 Å². The second-order valence-electron chi connectivity index (χ2n) is 5.10. The highest BCUT2D eigenvalue weighted by molar-refractivity contribution is 5.70. The fourth-order valence-electron chi connectivity index (χ4n) is 2.19. The van der Waals surface area contributed by atoms with E-state index in [2.05, 4.69) is 0 Å². The van der Waals surface area contributed by atoms with Crippen molar-refractivity contribution in [2.45, 2.75) is 26.9 Å². The van der Waals surface area contributed by atoms with Crippen LogP contribution in [0.25, 0.3) is 0 Å². The molecular weight excluding hydrogens is 266 g/mol. The molecule has 2 rings (SSSR count). The Morgan fingerprint density at radius 2 is 1.81 bits per heavy atom. The molecule has 0 aromatic heterocycles. The molecule has 0 saturated carbocycles. The lowest BCUT2D eigenvalue weighted by Gasteiger charge is -2.13. The first-order valence-corrected chi connectivity index (χ1v) is 6.75. The molecule has 0 aliphatic heterocycles. The predicted octanol–water partition coefficient (Wildman–Crippen LogP) is 3.09. The van der Waals surface area contributed by atoms with Crippen molar-refractivity contribution in [1.82, 2.24) is 0 Å². The fraction of sp³-hybridized carbons (Fsp3) is 0.235. The van der Waals surface area contributed by atoms with Gasteiger partial charge in [0, 0.05) is 11.8 Å². The molecule has 0 atom stereocenters. The topological polar surface area (TPSA) is 72.5 Å². The Labute approximate surface area is 124 Å². The first kappa shape index (κ1) is 14.9. The lowest BCUT2D eigenvalue weighted by Crippen LogP contribution is -2.06. The van der Waals surface area contributed by atoms with E-state index in [0.29, 0.717) is 12.3 Å². The van der Waals surface area contributed by atoms with Gasteiger partial charge in [0.1, 0.15) is 12.4 Å². The van der Waals surface area contributed by atoms with E-state index in [9.17, 15) is 4.79 Å². The van der Waals surface area contributed by atoms with Gasteiger partial charge < -0.3 is 15.6 Å². The van der Waals surface area contributed by atoms with Gasteiger partial charge in [-0.25, -0.2) is 0 Å². The standard InChI is InChI=1S/C17H19NO3/c1-11-7-12(2)16(9-15(11)18)21-10-14-6-4-3-5-13(14)8-17(19)20/h3-7,9H,8,10,18H2,1-2H3,(H,19,20). The van der Waals surface area contributed by atoms with Gasteiger partial charge in [0.25, 0.3) is 0 Å². The Balaban J connectivity index is 2.17. The number of aliphatic carboxylic acids is 1. The zero-order chi connectivity index (χ0) is 15.4. The number of nitrogens with two attached hydrogens (primary N) is 1. The Hall–Kier alpha value is -2.49. The predicted molar refractivity (Wildman–Crippen MR) is 82.4 cm³/mol. The molecule has 3 N–H and O–H groups in total. The Kier molecular flexibility index (Phi) is 4.48. The van der Waals surface area contributed by atoms with E-state index < -0.39 is 5.97 Å². The van der Waals surface area contributed by atoms with Crippen molar-refractivity contribution in [3.05, 3.63) is 58.7 Å². The highest BCUT2D eigenvalue weighted by Gasteiger charge is 2.08. The summed E-state index contributed by atoms with van der Waals surface area (Å²) in [6.07, 6.45) is -0.00540. The Morgan fingerprint density at radius 3 is 2.48 bits per heavy atom. The van der Waals surface area contributed by atoms with Crippen LogP contribution in [0.1, 0.15) is 22.3 Å². The summed E-state index contributed by atoms with van der Waals surface area (Å²) < 4.78 is 5.81. The van der Waals surface area contributed by atoms with E-state index in [1.807, 2.05) is 50.2 Å². The van der Waals surface area contributed by atoms with Gasteiger partial charge in [-0.2, -0.15) is 0 Å². The molecule has 0 fully saturated rings. The third-order valence-electron chi connectivity index (χ3n) is 3.41. The van der Waals surface area contributed by atoms with Crippen molar-refractivity contribution in [2.75, 3.05) is 5.73 Å². The van der Waals surface area contributed by atoms with Crippen LogP contribution in [0.2, 0.25) is 0 Å². The minimum Gasteiger partial charge on any atom is -0.489 e. The molecule has 2 aromatic rings. The van der Waals surface area contributed by atoms with Crippen LogP contribution in [0.5, 0.6) is 5.75 Å². The number of ether oxygens (including phenoxy) is 1. The average molecular weight is 285 g/mol. The number of nitrogen functional groups attached to an aromatic ring is 1. The maximum absolute atomic E-state index is 10.9. The third kappa shape index (κ3) is 3.75. The average Bonchev–Trinajstić information content (AvgIpc) is 2.42. The van der Waals surface area contributed by atoms with Crippen LogP contribution in [0, 0.1) is 13.8 Å². The zero-order valence-electron chi connectivity index (χ0n) is 12.2. The Bertz CT molecular complexity index is 665. The minimum atomic E-state index is -0.849. The van der Waals surface area contributed by atoms with E-state index in [0.717, 1.165) is 28.0 Å². The molecule has 0 unspecified atom stereocenters. The number of rotatable bonds is 5. The normalized spacial score (nSPS) is 10.4. The first-order chi connectivity index (χ1) is 9.97. The van der Waals surface area contributed by atoms with E-state index in [4.69, 9.17) is 15.6 Å². The van der Waals surface area contributed by atoms with Crippen molar-refractivity contribution >= 4 is 11.7 Å². The number of aryl methyl sites for hydroxylation is 2. The van der Waals surface area contributed by atoms with Crippen molar-refractivity contribution in [3.63, 3.8) is 0 Å². The molecule has 21 heavy (non-hydrogen) atoms. The van der Waals surface area contributed by atoms with Gasteiger partial charge in [-0.15, -0.1) is 0 Å². The summed E-state index contributed by atoms with van der Waals surface area (Å²) in [7, 11) is 0. The van der Waals surface area contributed by atoms with Crippen LogP contribution < -0.4 is 10.5 Å². The molecule has 0 bridgehead atoms. The number of hydrogen-bond acceptors (Lipinski definition) is 3. The van der Waals surface area contributed by atoms with Crippen molar-refractivity contribution in [3.8, 4) is 5.75 Å². The number of anilines is 1. The summed E-state index contributed by atoms with van der Waals surface area (Å²) >= 11 is 0. The monoisotopic (exact) mass is 285 g/mol. The minimum absolute atomic E-state index is 0.00540. The molecule has 4 nitrogen and oxygen atoms in total. The van der Waals surface area contributed by atoms with E-state index >= 15 is 0 Å². The quantitative estimate of drug-likeness (QED) is 0.828. The molecule has 0 saturated heterocycles. The van der Waals surface area contributed by atoms with E-state index in [1.54, 1.807) is 0 Å². The molecule has 0 spiro atoms. The van der Waals surface area contributed by atoms with Gasteiger partial charge in [0.05, 0.1) is 6.42 Å². The number of hydrogen-bond donors (Lipinski definition) is 2. The van der Waals surface area contributed by atoms with Gasteiger partial charge in [-0.1, -0.05) is 30.3 Å². The van der Waals surface area contributed by atoms with Gasteiger partial charge in [-0.05, 0) is 36.1 Å². The lowest BCUT2D eigenvalue weighted by atomic mass is 10.1. The molecular formula is C17H19NO3. The van der Waals surface area contributed by atoms with Crippen LogP contribution in [0.4, 0.5) is 5.69 Å². The van der Waals surface area contributed by atoms with Crippen molar-refractivity contribution in [2.24, 2.45) is 0 Å². The van der Waals surface area contributed by atoms with E-state index in [-0.39, 0.29) is 6.42 Å². The molecule has 4 heteroatoms. The molecule has 110 valence electrons. The number of carboxylic acids is 1. The number of carbonyl (C=O) groups is 1. The number of carboxylic acid groups (broad SMARTS) is 1. The van der Waals surface area contributed by atoms with Crippen molar-refractivity contribution in [1.29, 1.82) is 0 Å². The van der Waals surface area contributed by atoms with Gasteiger partial charge in [0.15, 0.2) is 0 Å². The van der Waals surface area contributed by atoms with Crippen LogP contribution >= 0.6 is 0 Å². The largest absolute Gasteiger partial charge is 0.489 e. The lowest BCUT2D eigenvalue weighted by molar-refractivity contribution is -0.136. The smallest absolute Gasteiger partial charge is 0.307 e. The van der Waals surface area contributed by atoms with Gasteiger partial charge >= 0.3 is 5.97 Å². The second kappa shape index (κ2) is 6.31. The van der Waals surface area contributed by atoms with Crippen LogP contribution in [-0.2, 0) is 17.8 Å². The molecule has 0 radical (unpaired) electrons. The molecule has 2 aromatic carbocycles. The molecule has 0 aliphatic rings. The highest BCUT2D eigenvalue weighted by Crippen LogP contribution is 2.25. The van der Waals surface area contributed by atoms with Gasteiger partial charge in [-0.3, -0.25) is 4.79 Å². The Morgan fingerprint density at radius 1 is 1.14 bits per heavy atom. The maximum atomic E-state index is 10.9. The first-order valence-electron chi connectivity index (χ1n) is 6.75. The van der Waals surface area contributed by atoms with Crippen LogP contribution in [0.3, 0.4) is 0 Å². The fourth-order valence-corrected chi connectivity index (χ4v) is 2.19. The number of benzene rings is 2. The highest BCUT2D eigenvalue weighted by atomic mass is 16.5.